The van der Waals surface area contributed by atoms with Gasteiger partial charge in [-0.2, -0.15) is 0 Å². The van der Waals surface area contributed by atoms with Gasteiger partial charge in [0.1, 0.15) is 11.3 Å². The molecule has 3 aromatic rings. The number of rotatable bonds is 8. The third-order valence-corrected chi connectivity index (χ3v) is 5.19. The van der Waals surface area contributed by atoms with Gasteiger partial charge in [-0.3, -0.25) is 4.79 Å². The van der Waals surface area contributed by atoms with Crippen molar-refractivity contribution in [1.82, 2.24) is 4.57 Å². The van der Waals surface area contributed by atoms with Crippen molar-refractivity contribution in [2.45, 2.75) is 39.2 Å². The number of carbonyl (C=O) groups is 2. The fraction of sp³-hybridized carbons (Fsp3) is 0.273. The quantitative estimate of drug-likeness (QED) is 0.479. The number of fused-ring (bicyclic) bond motifs is 1. The molecule has 0 atom stereocenters. The molecular formula is C22H23ClN2O4. The standard InChI is InChI=1S/C22H23ClN2O4/c1-2-3-10-25-12-17(22(28)29)18(13-25)24-20(27)9-5-14-4-7-16-15(11-14)6-8-19(26)21(16)23/h4,6-8,11-13,26H,2-3,5,9-10H2,1H3,(H,24,27)(H,28,29). The molecule has 0 spiro atoms. The summed E-state index contributed by atoms with van der Waals surface area (Å²) < 4.78 is 1.80. The Balaban J connectivity index is 1.67. The molecule has 1 aromatic heterocycles. The molecule has 0 saturated carbocycles. The Hall–Kier alpha value is -2.99. The highest BCUT2D eigenvalue weighted by Gasteiger charge is 2.16. The van der Waals surface area contributed by atoms with Crippen LogP contribution in [0, 0.1) is 0 Å². The van der Waals surface area contributed by atoms with Crippen LogP contribution in [0.25, 0.3) is 10.8 Å². The normalized spacial score (nSPS) is 11.0. The number of halogens is 1. The van der Waals surface area contributed by atoms with Gasteiger partial charge < -0.3 is 20.1 Å². The predicted molar refractivity (Wildman–Crippen MR) is 114 cm³/mol. The lowest BCUT2D eigenvalue weighted by molar-refractivity contribution is -0.116. The Bertz CT molecular complexity index is 1060. The summed E-state index contributed by atoms with van der Waals surface area (Å²) >= 11 is 6.11. The van der Waals surface area contributed by atoms with E-state index in [9.17, 15) is 19.8 Å². The number of hydrogen-bond acceptors (Lipinski definition) is 3. The molecule has 3 rings (SSSR count). The Morgan fingerprint density at radius 3 is 2.69 bits per heavy atom. The molecule has 0 aliphatic rings. The lowest BCUT2D eigenvalue weighted by Gasteiger charge is -2.07. The Labute approximate surface area is 173 Å². The summed E-state index contributed by atoms with van der Waals surface area (Å²) in [5.41, 5.74) is 1.36. The average Bonchev–Trinajstić information content (AvgIpc) is 3.10. The van der Waals surface area contributed by atoms with E-state index in [2.05, 4.69) is 12.2 Å². The highest BCUT2D eigenvalue weighted by Crippen LogP contribution is 2.32. The lowest BCUT2D eigenvalue weighted by Crippen LogP contribution is -2.14. The number of aromatic carboxylic acids is 1. The highest BCUT2D eigenvalue weighted by molar-refractivity contribution is 6.37. The van der Waals surface area contributed by atoms with Gasteiger partial charge >= 0.3 is 5.97 Å². The second-order valence-corrected chi connectivity index (χ2v) is 7.36. The number of carbonyl (C=O) groups excluding carboxylic acids is 1. The molecule has 1 heterocycles. The van der Waals surface area contributed by atoms with Crippen LogP contribution in [0.15, 0.2) is 42.7 Å². The van der Waals surface area contributed by atoms with Gasteiger partial charge in [0, 0.05) is 30.7 Å². The fourth-order valence-electron chi connectivity index (χ4n) is 3.20. The summed E-state index contributed by atoms with van der Waals surface area (Å²) in [6, 6.07) is 8.93. The number of hydrogen-bond donors (Lipinski definition) is 3. The second-order valence-electron chi connectivity index (χ2n) is 6.98. The van der Waals surface area contributed by atoms with Gasteiger partial charge in [0.15, 0.2) is 0 Å². The number of carboxylic acid groups (broad SMARTS) is 1. The molecule has 0 aliphatic carbocycles. The number of nitrogens with one attached hydrogen (secondary N) is 1. The lowest BCUT2D eigenvalue weighted by atomic mass is 10.0. The fourth-order valence-corrected chi connectivity index (χ4v) is 3.44. The van der Waals surface area contributed by atoms with Crippen molar-refractivity contribution in [3.8, 4) is 5.75 Å². The maximum atomic E-state index is 12.4. The van der Waals surface area contributed by atoms with Crippen molar-refractivity contribution in [2.24, 2.45) is 0 Å². The van der Waals surface area contributed by atoms with Crippen LogP contribution in [0.5, 0.6) is 5.75 Å². The van der Waals surface area contributed by atoms with E-state index >= 15 is 0 Å². The van der Waals surface area contributed by atoms with E-state index < -0.39 is 5.97 Å². The molecule has 0 aliphatic heterocycles. The number of phenolic OH excluding ortho intramolecular Hbond substituents is 1. The Kier molecular flexibility index (Phi) is 6.44. The average molecular weight is 415 g/mol. The van der Waals surface area contributed by atoms with E-state index in [0.29, 0.717) is 23.7 Å². The summed E-state index contributed by atoms with van der Waals surface area (Å²) in [4.78, 5) is 23.8. The molecule has 152 valence electrons. The van der Waals surface area contributed by atoms with Crippen LogP contribution < -0.4 is 5.32 Å². The van der Waals surface area contributed by atoms with Crippen LogP contribution in [0.1, 0.15) is 42.1 Å². The van der Waals surface area contributed by atoms with Crippen LogP contribution in [0.2, 0.25) is 5.02 Å². The van der Waals surface area contributed by atoms with E-state index in [1.165, 1.54) is 6.07 Å². The number of unbranched alkanes of at least 4 members (excludes halogenated alkanes) is 1. The number of phenols is 1. The maximum absolute atomic E-state index is 12.4. The topological polar surface area (TPSA) is 91.6 Å². The zero-order valence-corrected chi connectivity index (χ0v) is 16.9. The van der Waals surface area contributed by atoms with E-state index in [0.717, 1.165) is 29.2 Å². The van der Waals surface area contributed by atoms with Crippen molar-refractivity contribution in [3.05, 3.63) is 58.9 Å². The zero-order valence-electron chi connectivity index (χ0n) is 16.1. The molecule has 3 N–H and O–H groups in total. The van der Waals surface area contributed by atoms with Gasteiger partial charge in [0.2, 0.25) is 5.91 Å². The second kappa shape index (κ2) is 9.01. The summed E-state index contributed by atoms with van der Waals surface area (Å²) in [5.74, 6) is -1.28. The third kappa shape index (κ3) is 4.90. The minimum Gasteiger partial charge on any atom is -0.506 e. The molecule has 6 nitrogen and oxygen atoms in total. The first kappa shape index (κ1) is 20.7. The SMILES string of the molecule is CCCCn1cc(NC(=O)CCc2ccc3c(Cl)c(O)ccc3c2)c(C(=O)O)c1. The van der Waals surface area contributed by atoms with Crippen LogP contribution in [0.4, 0.5) is 5.69 Å². The van der Waals surface area contributed by atoms with Crippen molar-refractivity contribution < 1.29 is 19.8 Å². The van der Waals surface area contributed by atoms with Gasteiger partial charge in [-0.1, -0.05) is 49.2 Å². The number of aryl methyl sites for hydroxylation is 2. The first-order chi connectivity index (χ1) is 13.9. The number of amides is 1. The van der Waals surface area contributed by atoms with E-state index in [-0.39, 0.29) is 23.6 Å². The minimum atomic E-state index is -1.06. The van der Waals surface area contributed by atoms with Crippen LogP contribution in [-0.4, -0.2) is 26.7 Å². The van der Waals surface area contributed by atoms with E-state index in [4.69, 9.17) is 11.6 Å². The smallest absolute Gasteiger partial charge is 0.339 e. The molecule has 1 amide bonds. The van der Waals surface area contributed by atoms with Crippen LogP contribution in [-0.2, 0) is 17.8 Å². The van der Waals surface area contributed by atoms with E-state index in [1.807, 2.05) is 18.2 Å². The summed E-state index contributed by atoms with van der Waals surface area (Å²) in [5, 5.41) is 23.7. The molecular weight excluding hydrogens is 392 g/mol. The van der Waals surface area contributed by atoms with Gasteiger partial charge in [-0.05, 0) is 29.9 Å². The number of benzene rings is 2. The Morgan fingerprint density at radius 2 is 1.97 bits per heavy atom. The minimum absolute atomic E-state index is 0.0337. The molecule has 0 fully saturated rings. The van der Waals surface area contributed by atoms with Gasteiger partial charge in [0.25, 0.3) is 0 Å². The molecule has 0 saturated heterocycles. The number of aromatic hydroxyl groups is 1. The largest absolute Gasteiger partial charge is 0.506 e. The third-order valence-electron chi connectivity index (χ3n) is 4.79. The zero-order chi connectivity index (χ0) is 21.0. The Morgan fingerprint density at radius 1 is 1.17 bits per heavy atom. The summed E-state index contributed by atoms with van der Waals surface area (Å²) in [6.07, 6.45) is 5.87. The monoisotopic (exact) mass is 414 g/mol. The van der Waals surface area contributed by atoms with Crippen molar-refractivity contribution in [2.75, 3.05) is 5.32 Å². The first-order valence-corrected chi connectivity index (χ1v) is 9.90. The maximum Gasteiger partial charge on any atom is 0.339 e. The van der Waals surface area contributed by atoms with Crippen molar-refractivity contribution in [1.29, 1.82) is 0 Å². The van der Waals surface area contributed by atoms with Crippen molar-refractivity contribution in [3.63, 3.8) is 0 Å². The van der Waals surface area contributed by atoms with Crippen molar-refractivity contribution >= 4 is 39.9 Å². The van der Waals surface area contributed by atoms with Gasteiger partial charge in [0.05, 0.1) is 10.7 Å². The van der Waals surface area contributed by atoms with Gasteiger partial charge in [-0.25, -0.2) is 4.79 Å². The summed E-state index contributed by atoms with van der Waals surface area (Å²) in [7, 11) is 0. The number of anilines is 1. The number of nitrogens with zero attached hydrogens (tertiary/aromatic N) is 1. The predicted octanol–water partition coefficient (Wildman–Crippen LogP) is 5.07. The number of carboxylic acids is 1. The molecule has 29 heavy (non-hydrogen) atoms. The molecule has 0 radical (unpaired) electrons. The highest BCUT2D eigenvalue weighted by atomic mass is 35.5. The van der Waals surface area contributed by atoms with Gasteiger partial charge in [-0.15, -0.1) is 0 Å². The van der Waals surface area contributed by atoms with E-state index in [1.54, 1.807) is 23.0 Å². The first-order valence-electron chi connectivity index (χ1n) is 9.52. The molecule has 0 unspecified atom stereocenters. The molecule has 2 aromatic carbocycles. The number of aromatic nitrogens is 1. The molecule has 0 bridgehead atoms. The van der Waals surface area contributed by atoms with Crippen LogP contribution in [0.3, 0.4) is 0 Å². The molecule has 7 heteroatoms. The van der Waals surface area contributed by atoms with Crippen LogP contribution >= 0.6 is 11.6 Å². The summed E-state index contributed by atoms with van der Waals surface area (Å²) in [6.45, 7) is 2.77.